The van der Waals surface area contributed by atoms with Crippen molar-refractivity contribution in [3.05, 3.63) is 65.5 Å². The highest BCUT2D eigenvalue weighted by Gasteiger charge is 2.43. The Morgan fingerprint density at radius 3 is 2.52 bits per heavy atom. The molecule has 1 aliphatic heterocycles. The Bertz CT molecular complexity index is 761. The van der Waals surface area contributed by atoms with Crippen molar-refractivity contribution in [1.29, 1.82) is 0 Å². The van der Waals surface area contributed by atoms with Crippen molar-refractivity contribution in [3.8, 4) is 5.75 Å². The zero-order valence-electron chi connectivity index (χ0n) is 12.4. The van der Waals surface area contributed by atoms with E-state index in [0.29, 0.717) is 11.3 Å². The van der Waals surface area contributed by atoms with Crippen LogP contribution < -0.4 is 15.4 Å². The lowest BCUT2D eigenvalue weighted by Crippen LogP contribution is -2.40. The predicted molar refractivity (Wildman–Crippen MR) is 81.2 cm³/mol. The molecule has 23 heavy (non-hydrogen) atoms. The van der Waals surface area contributed by atoms with Gasteiger partial charge in [-0.15, -0.1) is 0 Å². The van der Waals surface area contributed by atoms with Crippen molar-refractivity contribution in [1.82, 2.24) is 10.6 Å². The van der Waals surface area contributed by atoms with Gasteiger partial charge in [-0.05, 0) is 42.3 Å². The number of nitrogens with one attached hydrogen (secondary N) is 2. The number of ether oxygens (including phenoxy) is 1. The third-order valence-electron chi connectivity index (χ3n) is 3.77. The zero-order chi connectivity index (χ0) is 16.4. The Balaban J connectivity index is 1.76. The van der Waals surface area contributed by atoms with E-state index in [1.807, 2.05) is 0 Å². The number of hydrogen-bond donors (Lipinski definition) is 2. The number of carbonyl (C=O) groups is 2. The van der Waals surface area contributed by atoms with E-state index in [4.69, 9.17) is 4.74 Å². The van der Waals surface area contributed by atoms with E-state index in [1.54, 1.807) is 43.3 Å². The van der Waals surface area contributed by atoms with Crippen molar-refractivity contribution in [2.75, 3.05) is 0 Å². The van der Waals surface area contributed by atoms with Gasteiger partial charge in [0, 0.05) is 0 Å². The minimum atomic E-state index is -1.12. The van der Waals surface area contributed by atoms with E-state index in [0.717, 1.165) is 5.56 Å². The lowest BCUT2D eigenvalue weighted by Gasteiger charge is -2.21. The van der Waals surface area contributed by atoms with Gasteiger partial charge in [-0.2, -0.15) is 0 Å². The van der Waals surface area contributed by atoms with Gasteiger partial charge in [0.05, 0.1) is 0 Å². The Kier molecular flexibility index (Phi) is 3.73. The summed E-state index contributed by atoms with van der Waals surface area (Å²) in [6, 6.07) is 12.5. The minimum absolute atomic E-state index is 0.277. The van der Waals surface area contributed by atoms with Crippen LogP contribution in [-0.2, 0) is 16.9 Å². The maximum atomic E-state index is 12.9. The standard InChI is InChI=1S/C17H15FN2O3/c1-17(15(21)19-16(22)20-17)12-3-2-4-14(9-12)23-10-11-5-7-13(18)8-6-11/h2-9H,10H2,1H3,(H2,19,20,21,22). The molecule has 0 spiro atoms. The first-order valence-electron chi connectivity index (χ1n) is 7.09. The fourth-order valence-electron chi connectivity index (χ4n) is 2.39. The van der Waals surface area contributed by atoms with E-state index >= 15 is 0 Å². The SMILES string of the molecule is CC1(c2cccc(OCc3ccc(F)cc3)c2)NC(=O)NC1=O. The second-order valence-electron chi connectivity index (χ2n) is 5.48. The maximum Gasteiger partial charge on any atom is 0.322 e. The molecule has 1 fully saturated rings. The summed E-state index contributed by atoms with van der Waals surface area (Å²) < 4.78 is 18.5. The molecule has 1 saturated heterocycles. The van der Waals surface area contributed by atoms with Crippen LogP contribution in [0.5, 0.6) is 5.75 Å². The first kappa shape index (κ1) is 15.0. The summed E-state index contributed by atoms with van der Waals surface area (Å²) in [6.07, 6.45) is 0. The second-order valence-corrected chi connectivity index (χ2v) is 5.48. The van der Waals surface area contributed by atoms with E-state index in [2.05, 4.69) is 10.6 Å². The Labute approximate surface area is 132 Å². The summed E-state index contributed by atoms with van der Waals surface area (Å²) >= 11 is 0. The lowest BCUT2D eigenvalue weighted by atomic mass is 9.92. The number of amides is 3. The molecular weight excluding hydrogens is 299 g/mol. The van der Waals surface area contributed by atoms with Gasteiger partial charge in [0.25, 0.3) is 5.91 Å². The molecular formula is C17H15FN2O3. The number of carbonyl (C=O) groups excluding carboxylic acids is 2. The Morgan fingerprint density at radius 2 is 1.87 bits per heavy atom. The van der Waals surface area contributed by atoms with E-state index in [1.165, 1.54) is 12.1 Å². The van der Waals surface area contributed by atoms with Crippen molar-refractivity contribution in [3.63, 3.8) is 0 Å². The number of hydrogen-bond acceptors (Lipinski definition) is 3. The average molecular weight is 314 g/mol. The first-order valence-corrected chi connectivity index (χ1v) is 7.09. The average Bonchev–Trinajstić information content (AvgIpc) is 2.81. The topological polar surface area (TPSA) is 67.4 Å². The number of halogens is 1. The highest BCUT2D eigenvalue weighted by atomic mass is 19.1. The molecule has 118 valence electrons. The third kappa shape index (κ3) is 3.01. The quantitative estimate of drug-likeness (QED) is 0.852. The van der Waals surface area contributed by atoms with Crippen LogP contribution in [0.25, 0.3) is 0 Å². The van der Waals surface area contributed by atoms with Crippen LogP contribution in [-0.4, -0.2) is 11.9 Å². The second kappa shape index (κ2) is 5.72. The number of benzene rings is 2. The molecule has 6 heteroatoms. The number of imide groups is 1. The van der Waals surface area contributed by atoms with Crippen LogP contribution in [0.1, 0.15) is 18.1 Å². The van der Waals surface area contributed by atoms with E-state index in [9.17, 15) is 14.0 Å². The van der Waals surface area contributed by atoms with Gasteiger partial charge in [0.15, 0.2) is 0 Å². The molecule has 0 aromatic heterocycles. The zero-order valence-corrected chi connectivity index (χ0v) is 12.4. The fraction of sp³-hybridized carbons (Fsp3) is 0.176. The maximum absolute atomic E-state index is 12.9. The van der Waals surface area contributed by atoms with E-state index in [-0.39, 0.29) is 12.4 Å². The van der Waals surface area contributed by atoms with Crippen molar-refractivity contribution < 1.29 is 18.7 Å². The lowest BCUT2D eigenvalue weighted by molar-refractivity contribution is -0.123. The highest BCUT2D eigenvalue weighted by Crippen LogP contribution is 2.27. The van der Waals surface area contributed by atoms with E-state index < -0.39 is 17.5 Å². The molecule has 1 unspecified atom stereocenters. The molecule has 2 aromatic rings. The van der Waals surface area contributed by atoms with Gasteiger partial charge in [-0.3, -0.25) is 10.1 Å². The van der Waals surface area contributed by atoms with Gasteiger partial charge in [-0.25, -0.2) is 9.18 Å². The Morgan fingerprint density at radius 1 is 1.13 bits per heavy atom. The first-order chi connectivity index (χ1) is 11.0. The molecule has 3 rings (SSSR count). The summed E-state index contributed by atoms with van der Waals surface area (Å²) in [6.45, 7) is 1.91. The van der Waals surface area contributed by atoms with Crippen LogP contribution in [0.3, 0.4) is 0 Å². The highest BCUT2D eigenvalue weighted by molar-refractivity contribution is 6.07. The Hall–Kier alpha value is -2.89. The van der Waals surface area contributed by atoms with Crippen molar-refractivity contribution in [2.24, 2.45) is 0 Å². The van der Waals surface area contributed by atoms with Crippen molar-refractivity contribution in [2.45, 2.75) is 19.1 Å². The van der Waals surface area contributed by atoms with Gasteiger partial charge >= 0.3 is 6.03 Å². The third-order valence-corrected chi connectivity index (χ3v) is 3.77. The van der Waals surface area contributed by atoms with Crippen LogP contribution in [0.2, 0.25) is 0 Å². The molecule has 0 aliphatic carbocycles. The molecule has 1 heterocycles. The number of urea groups is 1. The van der Waals surface area contributed by atoms with Crippen LogP contribution >= 0.6 is 0 Å². The molecule has 1 atom stereocenters. The summed E-state index contributed by atoms with van der Waals surface area (Å²) in [5.41, 5.74) is 0.333. The van der Waals surface area contributed by atoms with Crippen LogP contribution in [0.4, 0.5) is 9.18 Å². The summed E-state index contributed by atoms with van der Waals surface area (Å²) in [5.74, 6) is -0.146. The minimum Gasteiger partial charge on any atom is -0.489 e. The summed E-state index contributed by atoms with van der Waals surface area (Å²) in [7, 11) is 0. The molecule has 2 N–H and O–H groups in total. The molecule has 1 aliphatic rings. The number of rotatable bonds is 4. The largest absolute Gasteiger partial charge is 0.489 e. The fourth-order valence-corrected chi connectivity index (χ4v) is 2.39. The molecule has 3 amide bonds. The summed E-state index contributed by atoms with van der Waals surface area (Å²) in [5, 5.41) is 4.83. The van der Waals surface area contributed by atoms with Gasteiger partial charge in [0.1, 0.15) is 23.7 Å². The molecule has 0 saturated carbocycles. The predicted octanol–water partition coefficient (Wildman–Crippen LogP) is 2.46. The van der Waals surface area contributed by atoms with Crippen LogP contribution in [0.15, 0.2) is 48.5 Å². The van der Waals surface area contributed by atoms with Gasteiger partial charge in [-0.1, -0.05) is 24.3 Å². The van der Waals surface area contributed by atoms with Crippen LogP contribution in [0, 0.1) is 5.82 Å². The van der Waals surface area contributed by atoms with Crippen molar-refractivity contribution >= 4 is 11.9 Å². The van der Waals surface area contributed by atoms with Gasteiger partial charge in [0.2, 0.25) is 0 Å². The normalized spacial score (nSPS) is 20.1. The molecule has 0 bridgehead atoms. The molecule has 0 radical (unpaired) electrons. The molecule has 5 nitrogen and oxygen atoms in total. The monoisotopic (exact) mass is 314 g/mol. The molecule has 2 aromatic carbocycles. The summed E-state index contributed by atoms with van der Waals surface area (Å²) in [4.78, 5) is 23.3. The smallest absolute Gasteiger partial charge is 0.322 e. The van der Waals surface area contributed by atoms with Gasteiger partial charge < -0.3 is 10.1 Å².